The zero-order chi connectivity index (χ0) is 15.3. The maximum Gasteiger partial charge on any atom is 0.251 e. The van der Waals surface area contributed by atoms with Gasteiger partial charge < -0.3 is 16.4 Å². The molecule has 0 heterocycles. The Hall–Kier alpha value is -1.88. The number of nitrogens with one attached hydrogen (secondary N) is 2. The van der Waals surface area contributed by atoms with E-state index in [-0.39, 0.29) is 17.7 Å². The maximum atomic E-state index is 12.1. The summed E-state index contributed by atoms with van der Waals surface area (Å²) in [6, 6.07) is 4.67. The number of rotatable bonds is 5. The van der Waals surface area contributed by atoms with Gasteiger partial charge in [0.2, 0.25) is 5.91 Å². The lowest BCUT2D eigenvalue weighted by molar-refractivity contribution is -0.118. The smallest absolute Gasteiger partial charge is 0.251 e. The lowest BCUT2D eigenvalue weighted by Crippen LogP contribution is -2.40. The highest BCUT2D eigenvalue weighted by Crippen LogP contribution is 2.19. The molecule has 0 spiro atoms. The average molecular weight is 277 g/mol. The van der Waals surface area contributed by atoms with Gasteiger partial charge in [-0.3, -0.25) is 9.59 Å². The quantitative estimate of drug-likeness (QED) is 0.765. The fourth-order valence-electron chi connectivity index (χ4n) is 1.88. The molecule has 5 heteroatoms. The van der Waals surface area contributed by atoms with E-state index in [2.05, 4.69) is 10.6 Å². The molecule has 0 aliphatic carbocycles. The zero-order valence-electron chi connectivity index (χ0n) is 12.5. The van der Waals surface area contributed by atoms with Crippen molar-refractivity contribution in [3.05, 3.63) is 29.3 Å². The largest absolute Gasteiger partial charge is 0.355 e. The monoisotopic (exact) mass is 277 g/mol. The standard InChI is InChI=1S/C15H23N3O2/c1-5-9(2)13(16)15(20)18-12-8-6-7-11(10(12)3)14(19)17-4/h6-9,13H,5,16H2,1-4H3,(H,17,19)(H,18,20)/t9-,13-/m0/s1. The van der Waals surface area contributed by atoms with Gasteiger partial charge in [-0.1, -0.05) is 26.3 Å². The van der Waals surface area contributed by atoms with Crippen LogP contribution in [0.4, 0.5) is 5.69 Å². The third-order valence-corrected chi connectivity index (χ3v) is 3.62. The van der Waals surface area contributed by atoms with E-state index >= 15 is 0 Å². The number of nitrogens with two attached hydrogens (primary N) is 1. The van der Waals surface area contributed by atoms with Crippen molar-refractivity contribution in [2.45, 2.75) is 33.2 Å². The van der Waals surface area contributed by atoms with E-state index in [1.807, 2.05) is 13.8 Å². The molecule has 4 N–H and O–H groups in total. The maximum absolute atomic E-state index is 12.1. The van der Waals surface area contributed by atoms with Crippen LogP contribution in [0.1, 0.15) is 36.2 Å². The second-order valence-corrected chi connectivity index (χ2v) is 4.96. The van der Waals surface area contributed by atoms with Gasteiger partial charge in [0.05, 0.1) is 6.04 Å². The first-order chi connectivity index (χ1) is 9.42. The summed E-state index contributed by atoms with van der Waals surface area (Å²) in [6.45, 7) is 5.74. The molecule has 20 heavy (non-hydrogen) atoms. The first kappa shape index (κ1) is 16.2. The Morgan fingerprint density at radius 2 is 2.00 bits per heavy atom. The summed E-state index contributed by atoms with van der Waals surface area (Å²) >= 11 is 0. The van der Waals surface area contributed by atoms with Crippen LogP contribution in [0.25, 0.3) is 0 Å². The van der Waals surface area contributed by atoms with Crippen LogP contribution < -0.4 is 16.4 Å². The molecule has 0 aliphatic heterocycles. The fourth-order valence-corrected chi connectivity index (χ4v) is 1.88. The summed E-state index contributed by atoms with van der Waals surface area (Å²) in [7, 11) is 1.58. The Morgan fingerprint density at radius 3 is 2.55 bits per heavy atom. The van der Waals surface area contributed by atoms with Crippen molar-refractivity contribution in [1.82, 2.24) is 5.32 Å². The van der Waals surface area contributed by atoms with Crippen molar-refractivity contribution in [3.8, 4) is 0 Å². The molecule has 0 radical (unpaired) electrons. The molecule has 110 valence electrons. The van der Waals surface area contributed by atoms with Crippen LogP contribution in [-0.4, -0.2) is 24.9 Å². The van der Waals surface area contributed by atoms with E-state index in [4.69, 9.17) is 5.73 Å². The fraction of sp³-hybridized carbons (Fsp3) is 0.467. The van der Waals surface area contributed by atoms with E-state index in [0.29, 0.717) is 11.3 Å². The summed E-state index contributed by atoms with van der Waals surface area (Å²) in [5, 5.41) is 5.38. The molecule has 0 unspecified atom stereocenters. The van der Waals surface area contributed by atoms with Crippen LogP contribution in [0.3, 0.4) is 0 Å². The van der Waals surface area contributed by atoms with Gasteiger partial charge >= 0.3 is 0 Å². The summed E-state index contributed by atoms with van der Waals surface area (Å²) < 4.78 is 0. The molecular formula is C15H23N3O2. The molecule has 0 fully saturated rings. The number of carbonyl (C=O) groups is 2. The number of hydrogen-bond acceptors (Lipinski definition) is 3. The minimum absolute atomic E-state index is 0.109. The Bertz CT molecular complexity index is 500. The van der Waals surface area contributed by atoms with Crippen LogP contribution in [0, 0.1) is 12.8 Å². The summed E-state index contributed by atoms with van der Waals surface area (Å²) in [4.78, 5) is 23.8. The lowest BCUT2D eigenvalue weighted by atomic mass is 9.99. The molecule has 2 atom stereocenters. The van der Waals surface area contributed by atoms with E-state index in [1.165, 1.54) is 0 Å². The van der Waals surface area contributed by atoms with Crippen molar-refractivity contribution < 1.29 is 9.59 Å². The number of benzene rings is 1. The van der Waals surface area contributed by atoms with Gasteiger partial charge in [-0.15, -0.1) is 0 Å². The lowest BCUT2D eigenvalue weighted by Gasteiger charge is -2.19. The third-order valence-electron chi connectivity index (χ3n) is 3.62. The van der Waals surface area contributed by atoms with E-state index in [1.54, 1.807) is 32.2 Å². The Balaban J connectivity index is 2.94. The average Bonchev–Trinajstić information content (AvgIpc) is 2.46. The first-order valence-corrected chi connectivity index (χ1v) is 6.80. The summed E-state index contributed by atoms with van der Waals surface area (Å²) in [6.07, 6.45) is 0.839. The molecular weight excluding hydrogens is 254 g/mol. The van der Waals surface area contributed by atoms with Gasteiger partial charge in [0.15, 0.2) is 0 Å². The van der Waals surface area contributed by atoms with E-state index in [9.17, 15) is 9.59 Å². The second-order valence-electron chi connectivity index (χ2n) is 4.96. The van der Waals surface area contributed by atoms with Crippen molar-refractivity contribution in [2.75, 3.05) is 12.4 Å². The second kappa shape index (κ2) is 7.05. The molecule has 1 aromatic rings. The molecule has 0 aromatic heterocycles. The van der Waals surface area contributed by atoms with Crippen LogP contribution in [0.5, 0.6) is 0 Å². The SMILES string of the molecule is CC[C@H](C)[C@H](N)C(=O)Nc1cccc(C(=O)NC)c1C. The molecule has 0 bridgehead atoms. The molecule has 2 amide bonds. The van der Waals surface area contributed by atoms with Gasteiger partial charge in [0.1, 0.15) is 0 Å². The van der Waals surface area contributed by atoms with Crippen LogP contribution in [0.15, 0.2) is 18.2 Å². The highest BCUT2D eigenvalue weighted by molar-refractivity contribution is 6.00. The van der Waals surface area contributed by atoms with E-state index in [0.717, 1.165) is 12.0 Å². The van der Waals surface area contributed by atoms with Crippen molar-refractivity contribution >= 4 is 17.5 Å². The van der Waals surface area contributed by atoms with Crippen molar-refractivity contribution in [1.29, 1.82) is 0 Å². The zero-order valence-corrected chi connectivity index (χ0v) is 12.5. The molecule has 0 aliphatic rings. The molecule has 1 rings (SSSR count). The highest BCUT2D eigenvalue weighted by atomic mass is 16.2. The first-order valence-electron chi connectivity index (χ1n) is 6.80. The van der Waals surface area contributed by atoms with Gasteiger partial charge in [-0.05, 0) is 30.5 Å². The van der Waals surface area contributed by atoms with Gasteiger partial charge in [0, 0.05) is 18.3 Å². The highest BCUT2D eigenvalue weighted by Gasteiger charge is 2.20. The van der Waals surface area contributed by atoms with Gasteiger partial charge in [-0.25, -0.2) is 0 Å². The van der Waals surface area contributed by atoms with Crippen LogP contribution in [0.2, 0.25) is 0 Å². The normalized spacial score (nSPS) is 13.4. The summed E-state index contributed by atoms with van der Waals surface area (Å²) in [5.74, 6) is -0.293. The van der Waals surface area contributed by atoms with Crippen molar-refractivity contribution in [3.63, 3.8) is 0 Å². The number of hydrogen-bond donors (Lipinski definition) is 3. The van der Waals surface area contributed by atoms with E-state index < -0.39 is 6.04 Å². The molecule has 0 saturated carbocycles. The number of carbonyl (C=O) groups excluding carboxylic acids is 2. The third kappa shape index (κ3) is 3.57. The van der Waals surface area contributed by atoms with Crippen LogP contribution in [-0.2, 0) is 4.79 Å². The Kier molecular flexibility index (Phi) is 5.70. The Labute approximate surface area is 119 Å². The van der Waals surface area contributed by atoms with Crippen LogP contribution >= 0.6 is 0 Å². The van der Waals surface area contributed by atoms with Crippen molar-refractivity contribution in [2.24, 2.45) is 11.7 Å². The predicted octanol–water partition coefficient (Wildman–Crippen LogP) is 1.67. The molecule has 1 aromatic carbocycles. The Morgan fingerprint density at radius 1 is 1.35 bits per heavy atom. The molecule has 0 saturated heterocycles. The minimum atomic E-state index is -0.553. The summed E-state index contributed by atoms with van der Waals surface area (Å²) in [5.41, 5.74) is 7.80. The predicted molar refractivity (Wildman–Crippen MR) is 80.6 cm³/mol. The molecule has 5 nitrogen and oxygen atoms in total. The van der Waals surface area contributed by atoms with Gasteiger partial charge in [-0.2, -0.15) is 0 Å². The number of amides is 2. The number of anilines is 1. The minimum Gasteiger partial charge on any atom is -0.355 e. The van der Waals surface area contributed by atoms with Gasteiger partial charge in [0.25, 0.3) is 5.91 Å². The topological polar surface area (TPSA) is 84.2 Å².